The van der Waals surface area contributed by atoms with E-state index >= 15 is 0 Å². The standard InChI is InChI=1S/C26H34N2O/c1-5-6-7-8-9-21-14-16-23(17-15-21)24-19-27-28(25(24)29)26(3,4)18-22-12-10-20(2)11-13-22/h10-17,19,27H,5-9,18H2,1-4H3. The van der Waals surface area contributed by atoms with Crippen molar-refractivity contribution in [2.45, 2.75) is 71.8 Å². The van der Waals surface area contributed by atoms with Crippen molar-refractivity contribution in [1.29, 1.82) is 0 Å². The molecule has 3 heteroatoms. The quantitative estimate of drug-likeness (QED) is 0.431. The first-order valence-electron chi connectivity index (χ1n) is 10.9. The van der Waals surface area contributed by atoms with E-state index in [9.17, 15) is 4.79 Å². The molecule has 29 heavy (non-hydrogen) atoms. The minimum atomic E-state index is -0.330. The molecule has 1 heterocycles. The van der Waals surface area contributed by atoms with Crippen molar-refractivity contribution in [2.75, 3.05) is 0 Å². The number of hydrogen-bond donors (Lipinski definition) is 1. The maximum atomic E-state index is 13.1. The van der Waals surface area contributed by atoms with Crippen LogP contribution >= 0.6 is 0 Å². The van der Waals surface area contributed by atoms with Gasteiger partial charge in [0.25, 0.3) is 5.56 Å². The maximum Gasteiger partial charge on any atom is 0.274 e. The summed E-state index contributed by atoms with van der Waals surface area (Å²) >= 11 is 0. The Morgan fingerprint density at radius 3 is 2.21 bits per heavy atom. The van der Waals surface area contributed by atoms with Gasteiger partial charge in [0.2, 0.25) is 0 Å². The third-order valence-corrected chi connectivity index (χ3v) is 5.72. The van der Waals surface area contributed by atoms with Gasteiger partial charge in [-0.25, -0.2) is 4.68 Å². The molecule has 2 aromatic carbocycles. The van der Waals surface area contributed by atoms with Crippen LogP contribution < -0.4 is 5.56 Å². The number of H-pyrrole nitrogens is 1. The van der Waals surface area contributed by atoms with Crippen LogP contribution in [-0.4, -0.2) is 9.78 Å². The number of benzene rings is 2. The summed E-state index contributed by atoms with van der Waals surface area (Å²) in [5.74, 6) is 0. The van der Waals surface area contributed by atoms with Crippen LogP contribution in [0.1, 0.15) is 63.1 Å². The fourth-order valence-corrected chi connectivity index (χ4v) is 3.92. The summed E-state index contributed by atoms with van der Waals surface area (Å²) in [5, 5.41) is 3.21. The molecule has 0 saturated heterocycles. The molecule has 0 atom stereocenters. The van der Waals surface area contributed by atoms with Gasteiger partial charge >= 0.3 is 0 Å². The van der Waals surface area contributed by atoms with Crippen LogP contribution in [0.25, 0.3) is 11.1 Å². The Balaban J connectivity index is 1.74. The first-order valence-corrected chi connectivity index (χ1v) is 10.9. The number of aromatic nitrogens is 2. The van der Waals surface area contributed by atoms with Crippen molar-refractivity contribution < 1.29 is 0 Å². The van der Waals surface area contributed by atoms with Gasteiger partial charge in [-0.2, -0.15) is 0 Å². The zero-order valence-electron chi connectivity index (χ0n) is 18.3. The summed E-state index contributed by atoms with van der Waals surface area (Å²) in [6.07, 6.45) is 8.84. The summed E-state index contributed by atoms with van der Waals surface area (Å²) < 4.78 is 1.76. The van der Waals surface area contributed by atoms with E-state index < -0.39 is 0 Å². The number of rotatable bonds is 9. The monoisotopic (exact) mass is 390 g/mol. The minimum absolute atomic E-state index is 0.0396. The van der Waals surface area contributed by atoms with E-state index in [1.165, 1.54) is 42.4 Å². The van der Waals surface area contributed by atoms with Gasteiger partial charge in [0, 0.05) is 6.20 Å². The molecular weight excluding hydrogens is 356 g/mol. The molecule has 1 aromatic heterocycles. The molecule has 0 fully saturated rings. The van der Waals surface area contributed by atoms with Gasteiger partial charge in [-0.3, -0.25) is 4.79 Å². The largest absolute Gasteiger partial charge is 0.302 e. The zero-order chi connectivity index (χ0) is 20.9. The zero-order valence-corrected chi connectivity index (χ0v) is 18.3. The highest BCUT2D eigenvalue weighted by molar-refractivity contribution is 5.62. The van der Waals surface area contributed by atoms with Gasteiger partial charge in [0.15, 0.2) is 0 Å². The number of nitrogens with zero attached hydrogens (tertiary/aromatic N) is 1. The minimum Gasteiger partial charge on any atom is -0.302 e. The van der Waals surface area contributed by atoms with E-state index in [2.05, 4.69) is 81.3 Å². The molecular formula is C26H34N2O. The van der Waals surface area contributed by atoms with Gasteiger partial charge in [-0.05, 0) is 56.7 Å². The Morgan fingerprint density at radius 2 is 1.55 bits per heavy atom. The molecule has 0 amide bonds. The normalized spacial score (nSPS) is 11.7. The first kappa shape index (κ1) is 21.2. The van der Waals surface area contributed by atoms with E-state index in [1.54, 1.807) is 4.68 Å². The Morgan fingerprint density at radius 1 is 0.897 bits per heavy atom. The first-order chi connectivity index (χ1) is 13.9. The fraction of sp³-hybridized carbons (Fsp3) is 0.423. The van der Waals surface area contributed by atoms with Crippen LogP contribution in [0.4, 0.5) is 0 Å². The van der Waals surface area contributed by atoms with E-state index in [0.29, 0.717) is 0 Å². The van der Waals surface area contributed by atoms with Gasteiger partial charge in [0.05, 0.1) is 11.1 Å². The molecule has 0 spiro atoms. The van der Waals surface area contributed by atoms with Crippen LogP contribution in [0, 0.1) is 6.92 Å². The lowest BCUT2D eigenvalue weighted by Gasteiger charge is -2.25. The molecule has 0 bridgehead atoms. The molecule has 1 N–H and O–H groups in total. The average molecular weight is 391 g/mol. The molecule has 0 saturated carbocycles. The van der Waals surface area contributed by atoms with E-state index in [-0.39, 0.29) is 11.1 Å². The highest BCUT2D eigenvalue weighted by Crippen LogP contribution is 2.22. The highest BCUT2D eigenvalue weighted by Gasteiger charge is 2.25. The smallest absolute Gasteiger partial charge is 0.274 e. The van der Waals surface area contributed by atoms with Crippen LogP contribution in [0.5, 0.6) is 0 Å². The van der Waals surface area contributed by atoms with Crippen molar-refractivity contribution in [3.8, 4) is 11.1 Å². The molecule has 0 aliphatic heterocycles. The van der Waals surface area contributed by atoms with Crippen molar-refractivity contribution >= 4 is 0 Å². The second-order valence-electron chi connectivity index (χ2n) is 8.81. The number of unbranched alkanes of at least 4 members (excludes halogenated alkanes) is 3. The number of nitrogens with one attached hydrogen (secondary N) is 1. The molecule has 0 radical (unpaired) electrons. The molecule has 3 rings (SSSR count). The van der Waals surface area contributed by atoms with E-state index in [4.69, 9.17) is 0 Å². The van der Waals surface area contributed by atoms with Crippen molar-refractivity contribution in [3.05, 3.63) is 81.8 Å². The second-order valence-corrected chi connectivity index (χ2v) is 8.81. The lowest BCUT2D eigenvalue weighted by atomic mass is 9.94. The molecule has 154 valence electrons. The van der Waals surface area contributed by atoms with Gasteiger partial charge < -0.3 is 5.10 Å². The molecule has 0 aliphatic carbocycles. The van der Waals surface area contributed by atoms with E-state index in [1.807, 2.05) is 6.20 Å². The number of hydrogen-bond acceptors (Lipinski definition) is 1. The molecule has 3 nitrogen and oxygen atoms in total. The van der Waals surface area contributed by atoms with Crippen LogP contribution in [-0.2, 0) is 18.4 Å². The lowest BCUT2D eigenvalue weighted by Crippen LogP contribution is -2.37. The highest BCUT2D eigenvalue weighted by atomic mass is 16.1. The SMILES string of the molecule is CCCCCCc1ccc(-c2c[nH]n(C(C)(C)Cc3ccc(C)cc3)c2=O)cc1. The van der Waals surface area contributed by atoms with Crippen LogP contribution in [0.3, 0.4) is 0 Å². The van der Waals surface area contributed by atoms with Gasteiger partial charge in [0.1, 0.15) is 0 Å². The summed E-state index contributed by atoms with van der Waals surface area (Å²) in [4.78, 5) is 13.1. The van der Waals surface area contributed by atoms with Crippen molar-refractivity contribution in [3.63, 3.8) is 0 Å². The van der Waals surface area contributed by atoms with Crippen LogP contribution in [0.15, 0.2) is 59.5 Å². The second kappa shape index (κ2) is 9.30. The Hall–Kier alpha value is -2.55. The summed E-state index contributed by atoms with van der Waals surface area (Å²) in [6.45, 7) is 8.54. The summed E-state index contributed by atoms with van der Waals surface area (Å²) in [6, 6.07) is 17.0. The Labute approximate surface area is 174 Å². The van der Waals surface area contributed by atoms with Gasteiger partial charge in [-0.15, -0.1) is 0 Å². The van der Waals surface area contributed by atoms with Crippen molar-refractivity contribution in [2.24, 2.45) is 0 Å². The van der Waals surface area contributed by atoms with Crippen LogP contribution in [0.2, 0.25) is 0 Å². The summed E-state index contributed by atoms with van der Waals surface area (Å²) in [7, 11) is 0. The fourth-order valence-electron chi connectivity index (χ4n) is 3.92. The summed E-state index contributed by atoms with van der Waals surface area (Å²) in [5.41, 5.74) is 5.26. The topological polar surface area (TPSA) is 37.8 Å². The Kier molecular flexibility index (Phi) is 6.79. The van der Waals surface area contributed by atoms with E-state index in [0.717, 1.165) is 24.0 Å². The predicted octanol–water partition coefficient (Wildman–Crippen LogP) is 6.25. The van der Waals surface area contributed by atoms with Gasteiger partial charge in [-0.1, -0.05) is 80.3 Å². The third kappa shape index (κ3) is 5.29. The number of aryl methyl sites for hydroxylation is 2. The molecule has 0 unspecified atom stereocenters. The van der Waals surface area contributed by atoms with Crippen molar-refractivity contribution in [1.82, 2.24) is 9.78 Å². The third-order valence-electron chi connectivity index (χ3n) is 5.72. The molecule has 3 aromatic rings. The molecule has 0 aliphatic rings. The lowest BCUT2D eigenvalue weighted by molar-refractivity contribution is 0.308. The Bertz CT molecular complexity index is 959. The number of aromatic amines is 1. The average Bonchev–Trinajstić information content (AvgIpc) is 3.10. The predicted molar refractivity (Wildman–Crippen MR) is 123 cm³/mol. The maximum absolute atomic E-state index is 13.1.